The largest absolute Gasteiger partial charge is 0.497 e. The lowest BCUT2D eigenvalue weighted by Gasteiger charge is -2.35. The second-order valence-corrected chi connectivity index (χ2v) is 9.40. The number of piperidine rings is 1. The van der Waals surface area contributed by atoms with E-state index in [2.05, 4.69) is 5.32 Å². The topological polar surface area (TPSA) is 84.9 Å². The molecule has 1 heterocycles. The summed E-state index contributed by atoms with van der Waals surface area (Å²) in [5.41, 5.74) is -0.0764. The van der Waals surface area contributed by atoms with Gasteiger partial charge < -0.3 is 14.8 Å². The van der Waals surface area contributed by atoms with Gasteiger partial charge in [-0.15, -0.1) is 0 Å². The van der Waals surface area contributed by atoms with Crippen molar-refractivity contribution in [2.45, 2.75) is 71.6 Å². The molecular formula is C24H36N2O5. The summed E-state index contributed by atoms with van der Waals surface area (Å²) in [6.45, 7) is 9.96. The molecule has 2 atom stereocenters. The molecule has 1 fully saturated rings. The van der Waals surface area contributed by atoms with E-state index in [1.807, 2.05) is 18.7 Å². The van der Waals surface area contributed by atoms with Gasteiger partial charge in [0.1, 0.15) is 17.4 Å². The van der Waals surface area contributed by atoms with Gasteiger partial charge in [0.05, 0.1) is 19.7 Å². The van der Waals surface area contributed by atoms with Gasteiger partial charge in [-0.05, 0) is 58.2 Å². The van der Waals surface area contributed by atoms with E-state index in [1.54, 1.807) is 52.1 Å². The van der Waals surface area contributed by atoms with Crippen molar-refractivity contribution in [3.63, 3.8) is 0 Å². The summed E-state index contributed by atoms with van der Waals surface area (Å²) in [5.74, 6) is -0.232. The van der Waals surface area contributed by atoms with Crippen LogP contribution in [0.25, 0.3) is 0 Å². The van der Waals surface area contributed by atoms with Gasteiger partial charge in [0.15, 0.2) is 5.78 Å². The van der Waals surface area contributed by atoms with Gasteiger partial charge >= 0.3 is 5.97 Å². The molecule has 172 valence electrons. The van der Waals surface area contributed by atoms with E-state index in [0.717, 1.165) is 12.8 Å². The summed E-state index contributed by atoms with van der Waals surface area (Å²) in [5, 5.41) is 2.88. The molecule has 1 aliphatic heterocycles. The zero-order valence-corrected chi connectivity index (χ0v) is 19.6. The summed E-state index contributed by atoms with van der Waals surface area (Å²) in [6.07, 6.45) is 2.48. The minimum Gasteiger partial charge on any atom is -0.497 e. The van der Waals surface area contributed by atoms with Crippen LogP contribution in [-0.2, 0) is 14.3 Å². The van der Waals surface area contributed by atoms with E-state index in [1.165, 1.54) is 0 Å². The molecule has 0 saturated carbocycles. The van der Waals surface area contributed by atoms with Crippen LogP contribution in [0.5, 0.6) is 5.75 Å². The number of carbonyl (C=O) groups is 3. The molecule has 0 spiro atoms. The van der Waals surface area contributed by atoms with Crippen LogP contribution in [0.15, 0.2) is 24.3 Å². The van der Waals surface area contributed by atoms with E-state index in [0.29, 0.717) is 24.3 Å². The Labute approximate surface area is 185 Å². The fourth-order valence-electron chi connectivity index (χ4n) is 3.66. The number of ether oxygens (including phenoxy) is 2. The molecule has 7 heteroatoms. The molecular weight excluding hydrogens is 396 g/mol. The third-order valence-electron chi connectivity index (χ3n) is 5.28. The number of esters is 1. The quantitative estimate of drug-likeness (QED) is 0.502. The van der Waals surface area contributed by atoms with Crippen molar-refractivity contribution in [2.24, 2.45) is 5.92 Å². The first kappa shape index (κ1) is 24.9. The number of rotatable bonds is 8. The van der Waals surface area contributed by atoms with Crippen LogP contribution in [0.4, 0.5) is 0 Å². The Hall–Kier alpha value is -2.41. The van der Waals surface area contributed by atoms with Gasteiger partial charge in [0, 0.05) is 5.56 Å². The number of amides is 1. The number of hydrogen-bond donors (Lipinski definition) is 1. The third kappa shape index (κ3) is 7.35. The first-order valence-electron chi connectivity index (χ1n) is 11.0. The molecule has 1 N–H and O–H groups in total. The third-order valence-corrected chi connectivity index (χ3v) is 5.28. The van der Waals surface area contributed by atoms with E-state index >= 15 is 0 Å². The van der Waals surface area contributed by atoms with Gasteiger partial charge in [0.2, 0.25) is 5.91 Å². The van der Waals surface area contributed by atoms with Crippen LogP contribution in [0.3, 0.4) is 0 Å². The smallest absolute Gasteiger partial charge is 0.329 e. The lowest BCUT2D eigenvalue weighted by atomic mass is 9.98. The van der Waals surface area contributed by atoms with Crippen LogP contribution in [-0.4, -0.2) is 60.4 Å². The molecule has 0 aromatic heterocycles. The number of nitrogens with one attached hydrogen (secondary N) is 1. The van der Waals surface area contributed by atoms with E-state index < -0.39 is 23.7 Å². The van der Waals surface area contributed by atoms with Crippen LogP contribution >= 0.6 is 0 Å². The Morgan fingerprint density at radius 1 is 1.19 bits per heavy atom. The van der Waals surface area contributed by atoms with Crippen LogP contribution < -0.4 is 10.1 Å². The molecule has 2 rings (SSSR count). The summed E-state index contributed by atoms with van der Waals surface area (Å²) in [6, 6.07) is 5.84. The Balaban J connectivity index is 2.09. The molecule has 0 aliphatic carbocycles. The SMILES string of the molecule is COc1cccc(C(=O)CN2CCCC[C@H]2C(=O)N[C@H](C(=O)OC(C)(C)C)C(C)C)c1. The average molecular weight is 433 g/mol. The number of methoxy groups -OCH3 is 1. The van der Waals surface area contributed by atoms with Crippen molar-refractivity contribution in [1.29, 1.82) is 0 Å². The normalized spacial score (nSPS) is 18.4. The maximum absolute atomic E-state index is 13.1. The van der Waals surface area contributed by atoms with Crippen molar-refractivity contribution >= 4 is 17.7 Å². The molecule has 1 amide bonds. The number of ketones is 1. The van der Waals surface area contributed by atoms with Gasteiger partial charge in [-0.3, -0.25) is 14.5 Å². The maximum atomic E-state index is 13.1. The standard InChI is InChI=1S/C24H36N2O5/c1-16(2)21(23(29)31-24(3,4)5)25-22(28)19-12-7-8-13-26(19)15-20(27)17-10-9-11-18(14-17)30-6/h9-11,14,16,19,21H,7-8,12-13,15H2,1-6H3,(H,25,28)/t19-,21-/m0/s1. The first-order chi connectivity index (χ1) is 14.5. The number of carbonyl (C=O) groups excluding carboxylic acids is 3. The predicted molar refractivity (Wildman–Crippen MR) is 119 cm³/mol. The highest BCUT2D eigenvalue weighted by atomic mass is 16.6. The van der Waals surface area contributed by atoms with Gasteiger partial charge in [0.25, 0.3) is 0 Å². The number of nitrogens with zero attached hydrogens (tertiary/aromatic N) is 1. The fourth-order valence-corrected chi connectivity index (χ4v) is 3.66. The summed E-state index contributed by atoms with van der Waals surface area (Å²) < 4.78 is 10.7. The van der Waals surface area contributed by atoms with Crippen LogP contribution in [0.2, 0.25) is 0 Å². The van der Waals surface area contributed by atoms with Gasteiger partial charge in [-0.1, -0.05) is 32.4 Å². The molecule has 0 bridgehead atoms. The monoisotopic (exact) mass is 432 g/mol. The fraction of sp³-hybridized carbons (Fsp3) is 0.625. The lowest BCUT2D eigenvalue weighted by Crippen LogP contribution is -2.56. The summed E-state index contributed by atoms with van der Waals surface area (Å²) in [4.78, 5) is 40.5. The van der Waals surface area contributed by atoms with E-state index in [4.69, 9.17) is 9.47 Å². The maximum Gasteiger partial charge on any atom is 0.329 e. The predicted octanol–water partition coefficient (Wildman–Crippen LogP) is 3.21. The molecule has 0 radical (unpaired) electrons. The Morgan fingerprint density at radius 3 is 2.52 bits per heavy atom. The van der Waals surface area contributed by atoms with Gasteiger partial charge in [-0.25, -0.2) is 4.79 Å². The molecule has 1 aromatic carbocycles. The van der Waals surface area contributed by atoms with Crippen molar-refractivity contribution in [3.8, 4) is 5.75 Å². The van der Waals surface area contributed by atoms with Crippen molar-refractivity contribution in [3.05, 3.63) is 29.8 Å². The zero-order valence-electron chi connectivity index (χ0n) is 19.6. The van der Waals surface area contributed by atoms with Crippen LogP contribution in [0, 0.1) is 5.92 Å². The molecule has 7 nitrogen and oxygen atoms in total. The second-order valence-electron chi connectivity index (χ2n) is 9.40. The number of Topliss-reactive ketones (excluding diaryl/α,β-unsaturated/α-hetero) is 1. The van der Waals surface area contributed by atoms with Crippen molar-refractivity contribution in [1.82, 2.24) is 10.2 Å². The number of benzene rings is 1. The van der Waals surface area contributed by atoms with E-state index in [-0.39, 0.29) is 24.2 Å². The Morgan fingerprint density at radius 2 is 1.90 bits per heavy atom. The zero-order chi connectivity index (χ0) is 23.2. The molecule has 31 heavy (non-hydrogen) atoms. The second kappa shape index (κ2) is 10.8. The molecule has 0 unspecified atom stereocenters. The van der Waals surface area contributed by atoms with E-state index in [9.17, 15) is 14.4 Å². The highest BCUT2D eigenvalue weighted by Crippen LogP contribution is 2.20. The summed E-state index contributed by atoms with van der Waals surface area (Å²) >= 11 is 0. The van der Waals surface area contributed by atoms with Crippen molar-refractivity contribution < 1.29 is 23.9 Å². The number of hydrogen-bond acceptors (Lipinski definition) is 6. The highest BCUT2D eigenvalue weighted by Gasteiger charge is 2.35. The molecule has 1 aromatic rings. The highest BCUT2D eigenvalue weighted by molar-refractivity contribution is 5.98. The minimum absolute atomic E-state index is 0.0637. The first-order valence-corrected chi connectivity index (χ1v) is 11.0. The van der Waals surface area contributed by atoms with Gasteiger partial charge in [-0.2, -0.15) is 0 Å². The lowest BCUT2D eigenvalue weighted by molar-refractivity contribution is -0.160. The average Bonchev–Trinajstić information content (AvgIpc) is 2.70. The summed E-state index contributed by atoms with van der Waals surface area (Å²) in [7, 11) is 1.56. The Kier molecular flexibility index (Phi) is 8.62. The molecule has 1 aliphatic rings. The molecule has 1 saturated heterocycles. The number of likely N-dealkylation sites (tertiary alicyclic amines) is 1. The Bertz CT molecular complexity index is 784. The minimum atomic E-state index is -0.732. The van der Waals surface area contributed by atoms with Crippen molar-refractivity contribution in [2.75, 3.05) is 20.2 Å². The van der Waals surface area contributed by atoms with Crippen LogP contribution in [0.1, 0.15) is 64.2 Å².